The number of carboxylic acid groups (broad SMARTS) is 1. The van der Waals surface area contributed by atoms with Crippen LogP contribution in [-0.4, -0.2) is 59.5 Å². The molecule has 2 aromatic carbocycles. The monoisotopic (exact) mass is 535 g/mol. The minimum absolute atomic E-state index is 0.0373. The minimum Gasteiger partial charge on any atom is -0.475 e. The molecule has 8 nitrogen and oxygen atoms in total. The third-order valence-corrected chi connectivity index (χ3v) is 5.87. The van der Waals surface area contributed by atoms with Crippen LogP contribution in [0.5, 0.6) is 0 Å². The van der Waals surface area contributed by atoms with Crippen LogP contribution in [0.1, 0.15) is 42.6 Å². The average molecular weight is 536 g/mol. The Morgan fingerprint density at radius 1 is 0.974 bits per heavy atom. The number of rotatable bonds is 7. The van der Waals surface area contributed by atoms with Crippen LogP contribution in [0.2, 0.25) is 0 Å². The number of alkyl halides is 3. The van der Waals surface area contributed by atoms with Crippen LogP contribution >= 0.6 is 0 Å². The number of nitrogens with zero attached hydrogens (tertiary/aromatic N) is 1. The summed E-state index contributed by atoms with van der Waals surface area (Å²) in [6.07, 6.45) is -2.92. The first-order chi connectivity index (χ1) is 17.9. The van der Waals surface area contributed by atoms with Gasteiger partial charge in [0.25, 0.3) is 5.91 Å². The SMILES string of the molecule is CC(C)C(=O)Nc1ccc(C(=O)N2CCC(C(=O)NCCc3ccccc3)CC2)cc1.O=C(O)C(F)(F)F. The van der Waals surface area contributed by atoms with Crippen molar-refractivity contribution >= 4 is 29.4 Å². The summed E-state index contributed by atoms with van der Waals surface area (Å²) in [5.74, 6) is -2.92. The second-order valence-corrected chi connectivity index (χ2v) is 9.12. The largest absolute Gasteiger partial charge is 0.490 e. The maximum atomic E-state index is 12.8. The number of halogens is 3. The molecule has 0 radical (unpaired) electrons. The molecule has 0 aliphatic carbocycles. The molecule has 38 heavy (non-hydrogen) atoms. The number of carbonyl (C=O) groups is 4. The van der Waals surface area contributed by atoms with E-state index in [0.717, 1.165) is 6.42 Å². The van der Waals surface area contributed by atoms with Gasteiger partial charge >= 0.3 is 12.1 Å². The summed E-state index contributed by atoms with van der Waals surface area (Å²) in [5, 5.41) is 13.0. The zero-order chi connectivity index (χ0) is 28.3. The fourth-order valence-corrected chi connectivity index (χ4v) is 3.63. The molecule has 3 rings (SSSR count). The van der Waals surface area contributed by atoms with Gasteiger partial charge in [-0.15, -0.1) is 0 Å². The third-order valence-electron chi connectivity index (χ3n) is 5.87. The van der Waals surface area contributed by atoms with Gasteiger partial charge < -0.3 is 20.6 Å². The van der Waals surface area contributed by atoms with Crippen LogP contribution in [0.4, 0.5) is 18.9 Å². The maximum Gasteiger partial charge on any atom is 0.490 e. The molecule has 206 valence electrons. The number of benzene rings is 2. The molecule has 3 N–H and O–H groups in total. The van der Waals surface area contributed by atoms with Gasteiger partial charge in [0.1, 0.15) is 0 Å². The number of hydrogen-bond donors (Lipinski definition) is 3. The van der Waals surface area contributed by atoms with Crippen molar-refractivity contribution < 1.29 is 37.5 Å². The number of carbonyl (C=O) groups excluding carboxylic acids is 3. The van der Waals surface area contributed by atoms with E-state index in [1.165, 1.54) is 5.56 Å². The normalized spacial score (nSPS) is 13.8. The van der Waals surface area contributed by atoms with Crippen LogP contribution in [0.25, 0.3) is 0 Å². The molecular weight excluding hydrogens is 503 g/mol. The second-order valence-electron chi connectivity index (χ2n) is 9.12. The summed E-state index contributed by atoms with van der Waals surface area (Å²) in [6, 6.07) is 17.1. The van der Waals surface area contributed by atoms with Gasteiger partial charge in [-0.1, -0.05) is 44.2 Å². The highest BCUT2D eigenvalue weighted by atomic mass is 19.4. The van der Waals surface area contributed by atoms with Gasteiger partial charge in [-0.2, -0.15) is 13.2 Å². The number of anilines is 1. The Labute approximate surface area is 219 Å². The number of likely N-dealkylation sites (tertiary alicyclic amines) is 1. The Morgan fingerprint density at radius 3 is 2.03 bits per heavy atom. The lowest BCUT2D eigenvalue weighted by molar-refractivity contribution is -0.192. The lowest BCUT2D eigenvalue weighted by Gasteiger charge is -2.31. The van der Waals surface area contributed by atoms with Crippen molar-refractivity contribution in [2.45, 2.75) is 39.3 Å². The molecule has 0 spiro atoms. The summed E-state index contributed by atoms with van der Waals surface area (Å²) in [4.78, 5) is 47.7. The summed E-state index contributed by atoms with van der Waals surface area (Å²) in [7, 11) is 0. The molecule has 1 heterocycles. The van der Waals surface area contributed by atoms with Crippen LogP contribution in [-0.2, 0) is 20.8 Å². The van der Waals surface area contributed by atoms with Gasteiger partial charge in [0.05, 0.1) is 0 Å². The van der Waals surface area contributed by atoms with Gasteiger partial charge in [0, 0.05) is 42.7 Å². The summed E-state index contributed by atoms with van der Waals surface area (Å²) >= 11 is 0. The van der Waals surface area contributed by atoms with Crippen LogP contribution < -0.4 is 10.6 Å². The quantitative estimate of drug-likeness (QED) is 0.493. The van der Waals surface area contributed by atoms with Crippen molar-refractivity contribution in [3.05, 3.63) is 65.7 Å². The average Bonchev–Trinajstić information content (AvgIpc) is 2.89. The van der Waals surface area contributed by atoms with Crippen molar-refractivity contribution in [1.82, 2.24) is 10.2 Å². The van der Waals surface area contributed by atoms with Crippen LogP contribution in [0.3, 0.4) is 0 Å². The lowest BCUT2D eigenvalue weighted by Crippen LogP contribution is -2.43. The molecule has 0 unspecified atom stereocenters. The Bertz CT molecular complexity index is 1080. The number of aliphatic carboxylic acids is 1. The van der Waals surface area contributed by atoms with E-state index in [4.69, 9.17) is 9.90 Å². The molecule has 2 aromatic rings. The summed E-state index contributed by atoms with van der Waals surface area (Å²) in [6.45, 7) is 5.44. The summed E-state index contributed by atoms with van der Waals surface area (Å²) < 4.78 is 31.7. The van der Waals surface area contributed by atoms with Gasteiger partial charge in [0.15, 0.2) is 0 Å². The molecule has 1 aliphatic heterocycles. The lowest BCUT2D eigenvalue weighted by atomic mass is 9.95. The second kappa shape index (κ2) is 14.2. The van der Waals surface area contributed by atoms with E-state index in [0.29, 0.717) is 43.7 Å². The molecule has 0 bridgehead atoms. The predicted molar refractivity (Wildman–Crippen MR) is 135 cm³/mol. The first kappa shape index (κ1) is 30.3. The molecule has 1 saturated heterocycles. The number of nitrogens with one attached hydrogen (secondary N) is 2. The highest BCUT2D eigenvalue weighted by molar-refractivity contribution is 5.96. The predicted octanol–water partition coefficient (Wildman–Crippen LogP) is 4.13. The van der Waals surface area contributed by atoms with E-state index in [2.05, 4.69) is 22.8 Å². The minimum atomic E-state index is -5.08. The topological polar surface area (TPSA) is 116 Å². The van der Waals surface area contributed by atoms with E-state index >= 15 is 0 Å². The van der Waals surface area contributed by atoms with Crippen molar-refractivity contribution in [2.75, 3.05) is 25.0 Å². The molecule has 1 aliphatic rings. The van der Waals surface area contributed by atoms with Gasteiger partial charge in [-0.25, -0.2) is 4.79 Å². The smallest absolute Gasteiger partial charge is 0.475 e. The Morgan fingerprint density at radius 2 is 1.53 bits per heavy atom. The van der Waals surface area contributed by atoms with E-state index < -0.39 is 12.1 Å². The molecule has 0 atom stereocenters. The van der Waals surface area contributed by atoms with E-state index in [1.54, 1.807) is 29.2 Å². The molecule has 11 heteroatoms. The van der Waals surface area contributed by atoms with Crippen LogP contribution in [0.15, 0.2) is 54.6 Å². The van der Waals surface area contributed by atoms with Crippen molar-refractivity contribution in [1.29, 1.82) is 0 Å². The van der Waals surface area contributed by atoms with Gasteiger partial charge in [-0.05, 0) is 49.1 Å². The van der Waals surface area contributed by atoms with E-state index in [-0.39, 0.29) is 29.6 Å². The van der Waals surface area contributed by atoms with Gasteiger partial charge in [-0.3, -0.25) is 14.4 Å². The van der Waals surface area contributed by atoms with Crippen molar-refractivity contribution in [3.8, 4) is 0 Å². The molecular formula is C27H32F3N3O5. The number of piperidine rings is 1. The Balaban J connectivity index is 0.000000638. The number of hydrogen-bond acceptors (Lipinski definition) is 4. The standard InChI is InChI=1S/C25H31N3O3.C2HF3O2/c1-18(2)23(29)27-22-10-8-21(9-11-22)25(31)28-16-13-20(14-17-28)24(30)26-15-12-19-6-4-3-5-7-19;3-2(4,5)1(6)7/h3-11,18,20H,12-17H2,1-2H3,(H,26,30)(H,27,29);(H,6,7). The fourth-order valence-electron chi connectivity index (χ4n) is 3.63. The van der Waals surface area contributed by atoms with Crippen molar-refractivity contribution in [3.63, 3.8) is 0 Å². The Hall–Kier alpha value is -3.89. The van der Waals surface area contributed by atoms with Crippen molar-refractivity contribution in [2.24, 2.45) is 11.8 Å². The zero-order valence-corrected chi connectivity index (χ0v) is 21.3. The molecule has 0 saturated carbocycles. The molecule has 3 amide bonds. The Kier molecular flexibility index (Phi) is 11.3. The van der Waals surface area contributed by atoms with Gasteiger partial charge in [0.2, 0.25) is 11.8 Å². The van der Waals surface area contributed by atoms with E-state index in [9.17, 15) is 27.6 Å². The summed E-state index contributed by atoms with van der Waals surface area (Å²) in [5.41, 5.74) is 2.48. The number of carboxylic acids is 1. The first-order valence-corrected chi connectivity index (χ1v) is 12.2. The highest BCUT2D eigenvalue weighted by Crippen LogP contribution is 2.20. The third kappa shape index (κ3) is 9.87. The van der Waals surface area contributed by atoms with Crippen LogP contribution in [0, 0.1) is 11.8 Å². The number of amides is 3. The van der Waals surface area contributed by atoms with E-state index in [1.807, 2.05) is 32.0 Å². The first-order valence-electron chi connectivity index (χ1n) is 12.2. The molecule has 1 fully saturated rings. The zero-order valence-electron chi connectivity index (χ0n) is 21.3. The maximum absolute atomic E-state index is 12.8. The highest BCUT2D eigenvalue weighted by Gasteiger charge is 2.38. The fraction of sp³-hybridized carbons (Fsp3) is 0.407. The molecule has 0 aromatic heterocycles.